The Bertz CT molecular complexity index is 878. The van der Waals surface area contributed by atoms with E-state index in [1.807, 2.05) is 4.90 Å². The molecule has 2 aromatic carbocycles. The van der Waals surface area contributed by atoms with Crippen molar-refractivity contribution in [3.05, 3.63) is 70.8 Å². The zero-order valence-corrected chi connectivity index (χ0v) is 18.6. The van der Waals surface area contributed by atoms with Crippen molar-refractivity contribution in [3.63, 3.8) is 0 Å². The van der Waals surface area contributed by atoms with E-state index in [4.69, 9.17) is 0 Å². The van der Waals surface area contributed by atoms with Gasteiger partial charge in [0.25, 0.3) is 0 Å². The summed E-state index contributed by atoms with van der Waals surface area (Å²) in [5, 5.41) is 0. The Morgan fingerprint density at radius 1 is 0.806 bits per heavy atom. The third kappa shape index (κ3) is 4.70. The fourth-order valence-electron chi connectivity index (χ4n) is 5.67. The van der Waals surface area contributed by atoms with E-state index in [1.54, 1.807) is 11.1 Å². The van der Waals surface area contributed by atoms with Gasteiger partial charge in [-0.15, -0.1) is 0 Å². The number of fused-ring (bicyclic) bond motifs is 2. The van der Waals surface area contributed by atoms with Gasteiger partial charge >= 0.3 is 0 Å². The lowest BCUT2D eigenvalue weighted by Crippen LogP contribution is -2.47. The fraction of sp³-hybridized carbons (Fsp3) is 0.519. The summed E-state index contributed by atoms with van der Waals surface area (Å²) >= 11 is 0. The number of unbranched alkanes of at least 4 members (excludes halogenated alkanes) is 2. The molecule has 1 amide bonds. The number of hydrogen-bond acceptors (Lipinski definition) is 3. The molecule has 0 saturated carbocycles. The van der Waals surface area contributed by atoms with Gasteiger partial charge in [-0.1, -0.05) is 55.0 Å². The standard InChI is InChI=1S/C27H35N3O/c31-27(30-20-23-9-3-4-10-24(23)21-30)12-2-1-7-15-28-16-18-29(19-17-28)26-14-13-22-8-5-6-11-25(22)26/h3-6,8-11,26H,1-2,7,12-21H2. The van der Waals surface area contributed by atoms with Crippen LogP contribution in [0.2, 0.25) is 0 Å². The topological polar surface area (TPSA) is 26.8 Å². The molecule has 0 spiro atoms. The Morgan fingerprint density at radius 3 is 2.23 bits per heavy atom. The lowest BCUT2D eigenvalue weighted by molar-refractivity contribution is -0.131. The highest BCUT2D eigenvalue weighted by atomic mass is 16.2. The number of piperazine rings is 1. The minimum atomic E-state index is 0.321. The van der Waals surface area contributed by atoms with E-state index in [0.29, 0.717) is 18.4 Å². The molecule has 3 aliphatic rings. The Morgan fingerprint density at radius 2 is 1.48 bits per heavy atom. The van der Waals surface area contributed by atoms with Crippen LogP contribution in [-0.4, -0.2) is 53.3 Å². The van der Waals surface area contributed by atoms with Crippen LogP contribution in [0.25, 0.3) is 0 Å². The maximum absolute atomic E-state index is 12.5. The van der Waals surface area contributed by atoms with Gasteiger partial charge in [-0.3, -0.25) is 9.69 Å². The highest BCUT2D eigenvalue weighted by Gasteiger charge is 2.29. The lowest BCUT2D eigenvalue weighted by atomic mass is 10.1. The van der Waals surface area contributed by atoms with Crippen molar-refractivity contribution in [3.8, 4) is 0 Å². The zero-order valence-electron chi connectivity index (χ0n) is 18.6. The van der Waals surface area contributed by atoms with Gasteiger partial charge in [0.2, 0.25) is 5.91 Å². The SMILES string of the molecule is O=C(CCCCCN1CCN(C2CCc3ccccc32)CC1)N1Cc2ccccc2C1. The molecule has 1 unspecified atom stereocenters. The lowest BCUT2D eigenvalue weighted by Gasteiger charge is -2.38. The van der Waals surface area contributed by atoms with Crippen LogP contribution >= 0.6 is 0 Å². The van der Waals surface area contributed by atoms with Crippen molar-refractivity contribution < 1.29 is 4.79 Å². The Labute approximate surface area is 186 Å². The number of rotatable bonds is 7. The molecule has 0 N–H and O–H groups in total. The molecule has 2 heterocycles. The number of hydrogen-bond donors (Lipinski definition) is 0. The van der Waals surface area contributed by atoms with Gasteiger partial charge in [0.15, 0.2) is 0 Å². The van der Waals surface area contributed by atoms with E-state index in [9.17, 15) is 4.79 Å². The molecule has 1 fully saturated rings. The molecule has 5 rings (SSSR count). The molecule has 2 aliphatic heterocycles. The van der Waals surface area contributed by atoms with Gasteiger partial charge in [-0.05, 0) is 54.5 Å². The van der Waals surface area contributed by atoms with E-state index in [0.717, 1.165) is 25.9 Å². The second-order valence-corrected chi connectivity index (χ2v) is 9.46. The zero-order chi connectivity index (χ0) is 21.0. The molecule has 4 nitrogen and oxygen atoms in total. The van der Waals surface area contributed by atoms with Crippen LogP contribution in [0.1, 0.15) is 60.4 Å². The molecule has 1 aliphatic carbocycles. The van der Waals surface area contributed by atoms with E-state index in [-0.39, 0.29) is 0 Å². The van der Waals surface area contributed by atoms with Crippen LogP contribution in [0.5, 0.6) is 0 Å². The molecule has 2 aromatic rings. The normalized spacial score (nSPS) is 21.3. The molecule has 0 aromatic heterocycles. The summed E-state index contributed by atoms with van der Waals surface area (Å²) in [5.74, 6) is 0.321. The quantitative estimate of drug-likeness (QED) is 0.625. The van der Waals surface area contributed by atoms with E-state index < -0.39 is 0 Å². The van der Waals surface area contributed by atoms with Crippen molar-refractivity contribution in [2.45, 2.75) is 57.7 Å². The van der Waals surface area contributed by atoms with E-state index >= 15 is 0 Å². The maximum atomic E-state index is 12.5. The molecule has 4 heteroatoms. The van der Waals surface area contributed by atoms with Gasteiger partial charge in [0.1, 0.15) is 0 Å². The predicted octanol–water partition coefficient (Wildman–Crippen LogP) is 4.39. The average Bonchev–Trinajstić information content (AvgIpc) is 3.44. The number of carbonyl (C=O) groups excluding carboxylic acids is 1. The van der Waals surface area contributed by atoms with Crippen molar-refractivity contribution in [1.29, 1.82) is 0 Å². The molecular formula is C27H35N3O. The van der Waals surface area contributed by atoms with Crippen LogP contribution in [0.4, 0.5) is 0 Å². The summed E-state index contributed by atoms with van der Waals surface area (Å²) < 4.78 is 0. The van der Waals surface area contributed by atoms with E-state index in [2.05, 4.69) is 58.3 Å². The molecular weight excluding hydrogens is 382 g/mol. The molecule has 164 valence electrons. The first kappa shape index (κ1) is 20.7. The first-order chi connectivity index (χ1) is 15.3. The minimum Gasteiger partial charge on any atom is -0.334 e. The van der Waals surface area contributed by atoms with Crippen LogP contribution in [-0.2, 0) is 24.3 Å². The van der Waals surface area contributed by atoms with Gasteiger partial charge in [0, 0.05) is 51.7 Å². The van der Waals surface area contributed by atoms with Crippen LogP contribution < -0.4 is 0 Å². The Balaban J connectivity index is 0.972. The third-order valence-corrected chi connectivity index (χ3v) is 7.51. The number of aryl methyl sites for hydroxylation is 1. The Hall–Kier alpha value is -2.17. The number of carbonyl (C=O) groups is 1. The highest BCUT2D eigenvalue weighted by Crippen LogP contribution is 2.35. The number of nitrogens with zero attached hydrogens (tertiary/aromatic N) is 3. The predicted molar refractivity (Wildman–Crippen MR) is 125 cm³/mol. The van der Waals surface area contributed by atoms with E-state index in [1.165, 1.54) is 63.1 Å². The van der Waals surface area contributed by atoms with Gasteiger partial charge in [0.05, 0.1) is 0 Å². The van der Waals surface area contributed by atoms with Crippen molar-refractivity contribution in [2.24, 2.45) is 0 Å². The summed E-state index contributed by atoms with van der Waals surface area (Å²) in [4.78, 5) is 19.9. The number of amides is 1. The summed E-state index contributed by atoms with van der Waals surface area (Å²) in [7, 11) is 0. The fourth-order valence-corrected chi connectivity index (χ4v) is 5.67. The van der Waals surface area contributed by atoms with Crippen molar-refractivity contribution in [1.82, 2.24) is 14.7 Å². The molecule has 0 bridgehead atoms. The maximum Gasteiger partial charge on any atom is 0.223 e. The molecule has 0 radical (unpaired) electrons. The van der Waals surface area contributed by atoms with Crippen LogP contribution in [0, 0.1) is 0 Å². The third-order valence-electron chi connectivity index (χ3n) is 7.51. The second-order valence-electron chi connectivity index (χ2n) is 9.46. The number of benzene rings is 2. The summed E-state index contributed by atoms with van der Waals surface area (Å²) in [6, 6.07) is 18.1. The summed E-state index contributed by atoms with van der Waals surface area (Å²) in [6.45, 7) is 7.52. The summed E-state index contributed by atoms with van der Waals surface area (Å²) in [5.41, 5.74) is 5.76. The van der Waals surface area contributed by atoms with Crippen LogP contribution in [0.3, 0.4) is 0 Å². The average molecular weight is 418 g/mol. The monoisotopic (exact) mass is 417 g/mol. The second kappa shape index (κ2) is 9.54. The largest absolute Gasteiger partial charge is 0.334 e. The molecule has 1 atom stereocenters. The van der Waals surface area contributed by atoms with Gasteiger partial charge in [-0.2, -0.15) is 0 Å². The summed E-state index contributed by atoms with van der Waals surface area (Å²) in [6.07, 6.45) is 6.61. The smallest absolute Gasteiger partial charge is 0.223 e. The van der Waals surface area contributed by atoms with Gasteiger partial charge < -0.3 is 9.80 Å². The minimum absolute atomic E-state index is 0.321. The van der Waals surface area contributed by atoms with Crippen LogP contribution in [0.15, 0.2) is 48.5 Å². The first-order valence-corrected chi connectivity index (χ1v) is 12.2. The first-order valence-electron chi connectivity index (χ1n) is 12.2. The highest BCUT2D eigenvalue weighted by molar-refractivity contribution is 5.76. The Kier molecular flexibility index (Phi) is 6.37. The van der Waals surface area contributed by atoms with Crippen molar-refractivity contribution >= 4 is 5.91 Å². The molecule has 1 saturated heterocycles. The molecule has 31 heavy (non-hydrogen) atoms. The van der Waals surface area contributed by atoms with Gasteiger partial charge in [-0.25, -0.2) is 0 Å². The van der Waals surface area contributed by atoms with Crippen molar-refractivity contribution in [2.75, 3.05) is 32.7 Å².